The summed E-state index contributed by atoms with van der Waals surface area (Å²) in [4.78, 5) is 10.9. The van der Waals surface area contributed by atoms with Gasteiger partial charge in [-0.05, 0) is 0 Å². The quantitative estimate of drug-likeness (QED) is 0.333. The molecule has 0 spiro atoms. The van der Waals surface area contributed by atoms with Gasteiger partial charge in [0.05, 0.1) is 19.8 Å². The van der Waals surface area contributed by atoms with Crippen molar-refractivity contribution < 1.29 is 23.7 Å². The van der Waals surface area contributed by atoms with Crippen LogP contribution in [0.3, 0.4) is 0 Å². The minimum absolute atomic E-state index is 0.114. The average Bonchev–Trinajstić information content (AvgIpc) is 2.52. The van der Waals surface area contributed by atoms with E-state index in [0.29, 0.717) is 26.2 Å². The number of hydrogen-bond donors (Lipinski definition) is 0. The first-order valence-corrected chi connectivity index (χ1v) is 4.19. The third-order valence-corrected chi connectivity index (χ3v) is 1.67. The van der Waals surface area contributed by atoms with Crippen LogP contribution in [-0.4, -0.2) is 45.8 Å². The fourth-order valence-corrected chi connectivity index (χ4v) is 0.960. The Morgan fingerprint density at radius 2 is 2.38 bits per heavy atom. The second-order valence-electron chi connectivity index (χ2n) is 2.63. The zero-order valence-corrected chi connectivity index (χ0v) is 7.65. The van der Waals surface area contributed by atoms with Crippen molar-refractivity contribution in [2.24, 2.45) is 0 Å². The molecular weight excluding hydrogens is 176 g/mol. The van der Waals surface area contributed by atoms with Gasteiger partial charge in [0.2, 0.25) is 0 Å². The predicted octanol–water partition coefficient (Wildman–Crippen LogP) is -0.0610. The van der Waals surface area contributed by atoms with E-state index in [-0.39, 0.29) is 12.8 Å². The van der Waals surface area contributed by atoms with E-state index in [1.807, 2.05) is 0 Å². The van der Waals surface area contributed by atoms with Gasteiger partial charge in [-0.15, -0.1) is 0 Å². The Bertz CT molecular complexity index is 159. The highest BCUT2D eigenvalue weighted by molar-refractivity contribution is 5.76. The van der Waals surface area contributed by atoms with Crippen molar-refractivity contribution in [3.8, 4) is 0 Å². The maximum atomic E-state index is 10.9. The summed E-state index contributed by atoms with van der Waals surface area (Å²) >= 11 is 0. The summed E-state index contributed by atoms with van der Waals surface area (Å²) in [5, 5.41) is 0. The van der Waals surface area contributed by atoms with Gasteiger partial charge in [0, 0.05) is 13.5 Å². The number of cyclic esters (lactones) is 1. The summed E-state index contributed by atoms with van der Waals surface area (Å²) in [6.07, 6.45) is 0.175. The van der Waals surface area contributed by atoms with Crippen molar-refractivity contribution in [1.82, 2.24) is 0 Å². The van der Waals surface area contributed by atoms with Gasteiger partial charge in [0.1, 0.15) is 6.79 Å². The summed E-state index contributed by atoms with van der Waals surface area (Å²) in [5.74, 6) is -0.296. The molecule has 0 aliphatic carbocycles. The van der Waals surface area contributed by atoms with E-state index in [0.717, 1.165) is 0 Å². The molecule has 0 amide bonds. The number of rotatable bonds is 6. The molecule has 1 unspecified atom stereocenters. The number of carbonyl (C=O) groups is 1. The molecular formula is C8H14O5. The lowest BCUT2D eigenvalue weighted by Gasteiger charge is -2.07. The number of methoxy groups -OCH3 is 1. The maximum absolute atomic E-state index is 10.9. The number of ether oxygens (including phenoxy) is 4. The second-order valence-corrected chi connectivity index (χ2v) is 2.63. The van der Waals surface area contributed by atoms with Gasteiger partial charge in [-0.25, -0.2) is 4.79 Å². The Kier molecular flexibility index (Phi) is 4.74. The van der Waals surface area contributed by atoms with Crippen molar-refractivity contribution in [1.29, 1.82) is 0 Å². The van der Waals surface area contributed by atoms with Crippen LogP contribution in [0, 0.1) is 0 Å². The Balaban J connectivity index is 1.96. The van der Waals surface area contributed by atoms with E-state index < -0.39 is 6.10 Å². The monoisotopic (exact) mass is 190 g/mol. The first-order chi connectivity index (χ1) is 6.34. The molecule has 1 rings (SSSR count). The molecule has 1 atom stereocenters. The summed E-state index contributed by atoms with van der Waals surface area (Å²) in [6, 6.07) is 0. The van der Waals surface area contributed by atoms with Crippen LogP contribution in [0.1, 0.15) is 6.42 Å². The van der Waals surface area contributed by atoms with Gasteiger partial charge in [0.25, 0.3) is 0 Å². The molecule has 5 nitrogen and oxygen atoms in total. The Morgan fingerprint density at radius 1 is 1.54 bits per heavy atom. The molecule has 0 radical (unpaired) electrons. The number of hydrogen-bond acceptors (Lipinski definition) is 5. The molecule has 0 bridgehead atoms. The Hall–Kier alpha value is -0.650. The highest BCUT2D eigenvalue weighted by Crippen LogP contribution is 2.09. The van der Waals surface area contributed by atoms with Crippen LogP contribution in [-0.2, 0) is 23.7 Å². The molecule has 5 heteroatoms. The molecule has 1 fully saturated rings. The molecule has 0 aromatic heterocycles. The highest BCUT2D eigenvalue weighted by atomic mass is 16.7. The molecule has 0 saturated carbocycles. The lowest BCUT2D eigenvalue weighted by molar-refractivity contribution is -0.155. The van der Waals surface area contributed by atoms with Crippen molar-refractivity contribution >= 4 is 5.97 Å². The van der Waals surface area contributed by atoms with Gasteiger partial charge in [-0.3, -0.25) is 0 Å². The van der Waals surface area contributed by atoms with Crippen LogP contribution in [0.15, 0.2) is 0 Å². The third kappa shape index (κ3) is 3.71. The molecule has 1 saturated heterocycles. The van der Waals surface area contributed by atoms with E-state index in [1.165, 1.54) is 0 Å². The van der Waals surface area contributed by atoms with Crippen molar-refractivity contribution in [3.63, 3.8) is 0 Å². The lowest BCUT2D eigenvalue weighted by atomic mass is 10.3. The topological polar surface area (TPSA) is 54.0 Å². The van der Waals surface area contributed by atoms with Crippen molar-refractivity contribution in [2.75, 3.05) is 33.7 Å². The molecule has 13 heavy (non-hydrogen) atoms. The van der Waals surface area contributed by atoms with Crippen LogP contribution in [0.2, 0.25) is 0 Å². The fraction of sp³-hybridized carbons (Fsp3) is 0.875. The van der Waals surface area contributed by atoms with Gasteiger partial charge < -0.3 is 18.9 Å². The van der Waals surface area contributed by atoms with Crippen molar-refractivity contribution in [3.05, 3.63) is 0 Å². The summed E-state index contributed by atoms with van der Waals surface area (Å²) in [6.45, 7) is 1.56. The Labute approximate surface area is 76.9 Å². The molecule has 1 aliphatic rings. The second kappa shape index (κ2) is 5.90. The van der Waals surface area contributed by atoms with Crippen LogP contribution < -0.4 is 0 Å². The predicted molar refractivity (Wildman–Crippen MR) is 43.1 cm³/mol. The molecule has 0 aromatic rings. The minimum atomic E-state index is -0.442. The van der Waals surface area contributed by atoms with E-state index >= 15 is 0 Å². The van der Waals surface area contributed by atoms with Gasteiger partial charge in [-0.2, -0.15) is 0 Å². The molecule has 1 heterocycles. The Morgan fingerprint density at radius 3 is 3.00 bits per heavy atom. The van der Waals surface area contributed by atoms with E-state index in [9.17, 15) is 4.79 Å². The lowest BCUT2D eigenvalue weighted by Crippen LogP contribution is -2.20. The van der Waals surface area contributed by atoms with Gasteiger partial charge in [0.15, 0.2) is 6.10 Å². The van der Waals surface area contributed by atoms with Crippen LogP contribution in [0.5, 0.6) is 0 Å². The van der Waals surface area contributed by atoms with Crippen LogP contribution in [0.4, 0.5) is 0 Å². The highest BCUT2D eigenvalue weighted by Gasteiger charge is 2.26. The standard InChI is InChI=1S/C8H14O5/c1-10-4-5-11-6-13-7-2-3-12-8(7)9/h7H,2-6H2,1H3. The molecule has 1 aliphatic heterocycles. The molecule has 0 N–H and O–H groups in total. The van der Waals surface area contributed by atoms with Crippen LogP contribution in [0.25, 0.3) is 0 Å². The largest absolute Gasteiger partial charge is 0.464 e. The summed E-state index contributed by atoms with van der Waals surface area (Å²) in [7, 11) is 1.60. The smallest absolute Gasteiger partial charge is 0.335 e. The SMILES string of the molecule is COCCOCOC1CCOC1=O. The van der Waals surface area contributed by atoms with Gasteiger partial charge in [-0.1, -0.05) is 0 Å². The number of carbonyl (C=O) groups excluding carboxylic acids is 1. The number of esters is 1. The van der Waals surface area contributed by atoms with Crippen LogP contribution >= 0.6 is 0 Å². The van der Waals surface area contributed by atoms with E-state index in [2.05, 4.69) is 0 Å². The third-order valence-electron chi connectivity index (χ3n) is 1.67. The summed E-state index contributed by atoms with van der Waals surface area (Å²) in [5.41, 5.74) is 0. The zero-order valence-electron chi connectivity index (χ0n) is 7.65. The fourth-order valence-electron chi connectivity index (χ4n) is 0.960. The minimum Gasteiger partial charge on any atom is -0.464 e. The first kappa shape index (κ1) is 10.4. The summed E-state index contributed by atoms with van der Waals surface area (Å²) < 4.78 is 19.6. The van der Waals surface area contributed by atoms with E-state index in [1.54, 1.807) is 7.11 Å². The molecule has 76 valence electrons. The van der Waals surface area contributed by atoms with Gasteiger partial charge >= 0.3 is 5.97 Å². The average molecular weight is 190 g/mol. The first-order valence-electron chi connectivity index (χ1n) is 4.19. The molecule has 0 aromatic carbocycles. The normalized spacial score (nSPS) is 21.9. The van der Waals surface area contributed by atoms with E-state index in [4.69, 9.17) is 18.9 Å². The maximum Gasteiger partial charge on any atom is 0.335 e. The zero-order chi connectivity index (χ0) is 9.52. The van der Waals surface area contributed by atoms with Crippen molar-refractivity contribution in [2.45, 2.75) is 12.5 Å².